The summed E-state index contributed by atoms with van der Waals surface area (Å²) in [7, 11) is 0. The van der Waals surface area contributed by atoms with E-state index in [4.69, 9.17) is 5.73 Å². The van der Waals surface area contributed by atoms with E-state index in [2.05, 4.69) is 26.9 Å². The smallest absolute Gasteiger partial charge is 0.0583 e. The van der Waals surface area contributed by atoms with Gasteiger partial charge in [-0.1, -0.05) is 19.1 Å². The number of hydrogen-bond acceptors (Lipinski definition) is 3. The molecule has 3 atom stereocenters. The third-order valence-corrected chi connectivity index (χ3v) is 4.34. The first-order valence-electron chi connectivity index (χ1n) is 6.55. The van der Waals surface area contributed by atoms with Gasteiger partial charge in [0.1, 0.15) is 0 Å². The summed E-state index contributed by atoms with van der Waals surface area (Å²) in [6.45, 7) is 3.76. The highest BCUT2D eigenvalue weighted by molar-refractivity contribution is 9.10. The van der Waals surface area contributed by atoms with Gasteiger partial charge in [0.25, 0.3) is 0 Å². The van der Waals surface area contributed by atoms with Crippen LogP contribution in [0, 0.1) is 5.92 Å². The van der Waals surface area contributed by atoms with Crippen molar-refractivity contribution in [3.63, 3.8) is 0 Å². The Kier molecular flexibility index (Phi) is 4.65. The van der Waals surface area contributed by atoms with Gasteiger partial charge in [0.15, 0.2) is 0 Å². The predicted molar refractivity (Wildman–Crippen MR) is 78.7 cm³/mol. The Morgan fingerprint density at radius 2 is 2.17 bits per heavy atom. The van der Waals surface area contributed by atoms with E-state index in [1.165, 1.54) is 5.69 Å². The van der Waals surface area contributed by atoms with Gasteiger partial charge in [-0.2, -0.15) is 0 Å². The van der Waals surface area contributed by atoms with E-state index in [9.17, 15) is 5.11 Å². The maximum Gasteiger partial charge on any atom is 0.0583 e. The number of halogens is 1. The van der Waals surface area contributed by atoms with E-state index in [1.54, 1.807) is 0 Å². The van der Waals surface area contributed by atoms with Gasteiger partial charge < -0.3 is 15.7 Å². The molecule has 0 radical (unpaired) electrons. The molecule has 3 unspecified atom stereocenters. The monoisotopic (exact) mass is 312 g/mol. The lowest BCUT2D eigenvalue weighted by molar-refractivity contribution is 0.0902. The highest BCUT2D eigenvalue weighted by Crippen LogP contribution is 2.30. The zero-order chi connectivity index (χ0) is 13.1. The maximum absolute atomic E-state index is 10.0. The summed E-state index contributed by atoms with van der Waals surface area (Å²) < 4.78 is 1.09. The first-order chi connectivity index (χ1) is 8.61. The second-order valence-electron chi connectivity index (χ2n) is 5.09. The van der Waals surface area contributed by atoms with Crippen LogP contribution in [-0.4, -0.2) is 30.3 Å². The number of para-hydroxylation sites is 1. The second-order valence-corrected chi connectivity index (χ2v) is 5.94. The first kappa shape index (κ1) is 13.8. The predicted octanol–water partition coefficient (Wildman–Crippen LogP) is 2.37. The molecule has 4 heteroatoms. The fourth-order valence-electron chi connectivity index (χ4n) is 2.70. The van der Waals surface area contributed by atoms with Crippen molar-refractivity contribution in [2.45, 2.75) is 31.9 Å². The standard InChI is InChI=1S/C14H21BrN2O/c1-2-14(18)10-7-11(16)9-17(8-10)13-6-4-3-5-12(13)15/h3-6,10-11,14,18H,2,7-9,16H2,1H3. The molecule has 0 saturated carbocycles. The van der Waals surface area contributed by atoms with Gasteiger partial charge in [0.2, 0.25) is 0 Å². The van der Waals surface area contributed by atoms with E-state index >= 15 is 0 Å². The van der Waals surface area contributed by atoms with Crippen molar-refractivity contribution in [1.82, 2.24) is 0 Å². The molecular weight excluding hydrogens is 292 g/mol. The Balaban J connectivity index is 2.16. The molecule has 1 fully saturated rings. The number of nitrogens with two attached hydrogens (primary N) is 1. The lowest BCUT2D eigenvalue weighted by Gasteiger charge is -2.39. The van der Waals surface area contributed by atoms with Crippen molar-refractivity contribution in [1.29, 1.82) is 0 Å². The first-order valence-corrected chi connectivity index (χ1v) is 7.34. The maximum atomic E-state index is 10.0. The Morgan fingerprint density at radius 3 is 2.83 bits per heavy atom. The number of hydrogen-bond donors (Lipinski definition) is 2. The van der Waals surface area contributed by atoms with Gasteiger partial charge in [-0.25, -0.2) is 0 Å². The molecule has 1 aromatic rings. The minimum absolute atomic E-state index is 0.136. The van der Waals surface area contributed by atoms with Crippen LogP contribution in [0.2, 0.25) is 0 Å². The molecule has 1 saturated heterocycles. The number of piperidine rings is 1. The van der Waals surface area contributed by atoms with Crippen LogP contribution < -0.4 is 10.6 Å². The summed E-state index contributed by atoms with van der Waals surface area (Å²) in [5.41, 5.74) is 7.29. The van der Waals surface area contributed by atoms with E-state index in [0.29, 0.717) is 0 Å². The van der Waals surface area contributed by atoms with Crippen LogP contribution in [-0.2, 0) is 0 Å². The van der Waals surface area contributed by atoms with E-state index < -0.39 is 0 Å². The molecule has 1 heterocycles. The number of rotatable bonds is 3. The highest BCUT2D eigenvalue weighted by Gasteiger charge is 2.29. The lowest BCUT2D eigenvalue weighted by Crippen LogP contribution is -2.50. The third-order valence-electron chi connectivity index (χ3n) is 3.67. The van der Waals surface area contributed by atoms with Gasteiger partial charge in [-0.3, -0.25) is 0 Å². The van der Waals surface area contributed by atoms with E-state index in [0.717, 1.165) is 30.4 Å². The third kappa shape index (κ3) is 3.05. The normalized spacial score (nSPS) is 26.1. The van der Waals surface area contributed by atoms with E-state index in [-0.39, 0.29) is 18.1 Å². The van der Waals surface area contributed by atoms with Crippen molar-refractivity contribution in [3.05, 3.63) is 28.7 Å². The van der Waals surface area contributed by atoms with Crippen LogP contribution in [0.3, 0.4) is 0 Å². The van der Waals surface area contributed by atoms with Gasteiger partial charge in [0.05, 0.1) is 11.8 Å². The summed E-state index contributed by atoms with van der Waals surface area (Å²) in [6.07, 6.45) is 1.46. The number of benzene rings is 1. The van der Waals surface area contributed by atoms with Gasteiger partial charge in [0, 0.05) is 29.5 Å². The molecule has 0 aliphatic carbocycles. The van der Waals surface area contributed by atoms with Crippen molar-refractivity contribution in [2.75, 3.05) is 18.0 Å². The van der Waals surface area contributed by atoms with Gasteiger partial charge >= 0.3 is 0 Å². The Hall–Kier alpha value is -0.580. The quantitative estimate of drug-likeness (QED) is 0.901. The molecule has 3 N–H and O–H groups in total. The highest BCUT2D eigenvalue weighted by atomic mass is 79.9. The fraction of sp³-hybridized carbons (Fsp3) is 0.571. The molecule has 0 aromatic heterocycles. The topological polar surface area (TPSA) is 49.5 Å². The molecular formula is C14H21BrN2O. The van der Waals surface area contributed by atoms with Crippen LogP contribution in [0.15, 0.2) is 28.7 Å². The average molecular weight is 313 g/mol. The number of aliphatic hydroxyl groups excluding tert-OH is 1. The Bertz CT molecular complexity index is 399. The van der Waals surface area contributed by atoms with Crippen molar-refractivity contribution in [3.8, 4) is 0 Å². The average Bonchev–Trinajstić information content (AvgIpc) is 2.37. The number of anilines is 1. The van der Waals surface area contributed by atoms with Crippen LogP contribution in [0.4, 0.5) is 5.69 Å². The molecule has 1 aliphatic rings. The van der Waals surface area contributed by atoms with Crippen LogP contribution in [0.1, 0.15) is 19.8 Å². The van der Waals surface area contributed by atoms with Crippen molar-refractivity contribution >= 4 is 21.6 Å². The van der Waals surface area contributed by atoms with Crippen molar-refractivity contribution in [2.24, 2.45) is 11.7 Å². The zero-order valence-corrected chi connectivity index (χ0v) is 12.3. The minimum atomic E-state index is -0.249. The van der Waals surface area contributed by atoms with E-state index in [1.807, 2.05) is 25.1 Å². The molecule has 100 valence electrons. The minimum Gasteiger partial charge on any atom is -0.393 e. The van der Waals surface area contributed by atoms with Crippen LogP contribution >= 0.6 is 15.9 Å². The lowest BCUT2D eigenvalue weighted by atomic mass is 9.88. The summed E-state index contributed by atoms with van der Waals surface area (Å²) in [5.74, 6) is 0.269. The molecule has 2 rings (SSSR count). The summed E-state index contributed by atoms with van der Waals surface area (Å²) in [6, 6.07) is 8.32. The second kappa shape index (κ2) is 6.04. The van der Waals surface area contributed by atoms with Crippen LogP contribution in [0.5, 0.6) is 0 Å². The van der Waals surface area contributed by atoms with Crippen LogP contribution in [0.25, 0.3) is 0 Å². The molecule has 0 bridgehead atoms. The molecule has 1 aromatic carbocycles. The summed E-state index contributed by atoms with van der Waals surface area (Å²) >= 11 is 3.58. The SMILES string of the molecule is CCC(O)C1CC(N)CN(c2ccccc2Br)C1. The fourth-order valence-corrected chi connectivity index (χ4v) is 3.23. The zero-order valence-electron chi connectivity index (χ0n) is 10.7. The molecule has 0 spiro atoms. The molecule has 18 heavy (non-hydrogen) atoms. The molecule has 1 aliphatic heterocycles. The Morgan fingerprint density at radius 1 is 1.44 bits per heavy atom. The Labute approximate surface area is 117 Å². The largest absolute Gasteiger partial charge is 0.393 e. The van der Waals surface area contributed by atoms with Crippen molar-refractivity contribution < 1.29 is 5.11 Å². The molecule has 0 amide bonds. The summed E-state index contributed by atoms with van der Waals surface area (Å²) in [4.78, 5) is 2.28. The van der Waals surface area contributed by atoms with Gasteiger partial charge in [-0.05, 0) is 40.9 Å². The number of nitrogens with zero attached hydrogens (tertiary/aromatic N) is 1. The number of aliphatic hydroxyl groups is 1. The summed E-state index contributed by atoms with van der Waals surface area (Å²) in [5, 5.41) is 10.0. The molecule has 3 nitrogen and oxygen atoms in total. The van der Waals surface area contributed by atoms with Gasteiger partial charge in [-0.15, -0.1) is 0 Å².